The van der Waals surface area contributed by atoms with Gasteiger partial charge in [0, 0.05) is 11.6 Å². The predicted octanol–water partition coefficient (Wildman–Crippen LogP) is 0.927. The fraction of sp³-hybridized carbons (Fsp3) is 0.429. The van der Waals surface area contributed by atoms with Gasteiger partial charge in [0.05, 0.1) is 13.0 Å². The van der Waals surface area contributed by atoms with Gasteiger partial charge in [-0.3, -0.25) is 9.59 Å². The van der Waals surface area contributed by atoms with E-state index >= 15 is 0 Å². The lowest BCUT2D eigenvalue weighted by Gasteiger charge is -2.17. The Hall–Kier alpha value is -1.79. The maximum Gasteiger partial charge on any atom is 0.322 e. The van der Waals surface area contributed by atoms with E-state index in [1.165, 1.54) is 0 Å². The molecule has 1 atom stereocenters. The molecule has 6 nitrogen and oxygen atoms in total. The van der Waals surface area contributed by atoms with Crippen LogP contribution in [0.4, 0.5) is 0 Å². The Balaban J connectivity index is 2.84. The van der Waals surface area contributed by atoms with Gasteiger partial charge in [0.1, 0.15) is 12.3 Å². The first-order valence-corrected chi connectivity index (χ1v) is 6.82. The number of carboxylic acid groups (broad SMARTS) is 1. The first kappa shape index (κ1) is 17.3. The molecule has 7 heteroatoms. The number of aliphatic carboxylic acids is 1. The molecule has 116 valence electrons. The first-order chi connectivity index (χ1) is 9.97. The Morgan fingerprint density at radius 2 is 2.14 bits per heavy atom. The van der Waals surface area contributed by atoms with Gasteiger partial charge >= 0.3 is 5.97 Å². The van der Waals surface area contributed by atoms with E-state index in [9.17, 15) is 9.59 Å². The lowest BCUT2D eigenvalue weighted by Crippen LogP contribution is -2.39. The van der Waals surface area contributed by atoms with E-state index in [1.807, 2.05) is 0 Å². The number of halogens is 1. The summed E-state index contributed by atoms with van der Waals surface area (Å²) in [5.41, 5.74) is 0.802. The van der Waals surface area contributed by atoms with E-state index in [-0.39, 0.29) is 5.91 Å². The second-order valence-corrected chi connectivity index (χ2v) is 4.96. The molecule has 3 N–H and O–H groups in total. The van der Waals surface area contributed by atoms with Crippen molar-refractivity contribution in [2.75, 3.05) is 27.2 Å². The van der Waals surface area contributed by atoms with Crippen LogP contribution in [0.1, 0.15) is 5.56 Å². The van der Waals surface area contributed by atoms with E-state index in [0.717, 1.165) is 5.56 Å². The average Bonchev–Trinajstić information content (AvgIpc) is 2.44. The summed E-state index contributed by atoms with van der Waals surface area (Å²) in [7, 11) is 3.27. The largest absolute Gasteiger partial charge is 0.496 e. The maximum absolute atomic E-state index is 12.0. The third-order valence-corrected chi connectivity index (χ3v) is 3.18. The molecule has 1 amide bonds. The van der Waals surface area contributed by atoms with Gasteiger partial charge < -0.3 is 20.5 Å². The van der Waals surface area contributed by atoms with Crippen molar-refractivity contribution in [3.05, 3.63) is 28.8 Å². The first-order valence-electron chi connectivity index (χ1n) is 6.44. The molecule has 1 rings (SSSR count). The number of rotatable bonds is 8. The van der Waals surface area contributed by atoms with E-state index in [1.54, 1.807) is 32.4 Å². The van der Waals surface area contributed by atoms with Gasteiger partial charge in [-0.25, -0.2) is 0 Å². The summed E-state index contributed by atoms with van der Waals surface area (Å²) >= 11 is 5.97. The van der Waals surface area contributed by atoms with Crippen molar-refractivity contribution in [2.24, 2.45) is 5.92 Å². The quantitative estimate of drug-likeness (QED) is 0.664. The van der Waals surface area contributed by atoms with Crippen LogP contribution < -0.4 is 15.4 Å². The lowest BCUT2D eigenvalue weighted by atomic mass is 9.97. The van der Waals surface area contributed by atoms with Crippen LogP contribution in [-0.2, 0) is 16.0 Å². The smallest absolute Gasteiger partial charge is 0.322 e. The average molecular weight is 315 g/mol. The number of carbonyl (C=O) groups is 2. The number of carboxylic acids is 1. The Kier molecular flexibility index (Phi) is 6.98. The van der Waals surface area contributed by atoms with Crippen molar-refractivity contribution in [1.82, 2.24) is 10.6 Å². The normalized spacial score (nSPS) is 11.8. The van der Waals surface area contributed by atoms with E-state index in [4.69, 9.17) is 21.4 Å². The molecule has 0 unspecified atom stereocenters. The van der Waals surface area contributed by atoms with Crippen LogP contribution in [-0.4, -0.2) is 44.2 Å². The molecule has 0 heterocycles. The Morgan fingerprint density at radius 1 is 1.43 bits per heavy atom. The number of ether oxygens (including phenoxy) is 1. The topological polar surface area (TPSA) is 87.7 Å². The molecular weight excluding hydrogens is 296 g/mol. The zero-order valence-electron chi connectivity index (χ0n) is 12.0. The summed E-state index contributed by atoms with van der Waals surface area (Å²) in [6.45, 7) is 0.0207. The van der Waals surface area contributed by atoms with E-state index in [2.05, 4.69) is 10.6 Å². The van der Waals surface area contributed by atoms with Crippen molar-refractivity contribution in [3.8, 4) is 5.75 Å². The monoisotopic (exact) mass is 314 g/mol. The molecule has 1 aromatic rings. The van der Waals surface area contributed by atoms with Crippen LogP contribution in [0.25, 0.3) is 0 Å². The van der Waals surface area contributed by atoms with Gasteiger partial charge in [0.2, 0.25) is 5.91 Å². The van der Waals surface area contributed by atoms with Crippen LogP contribution >= 0.6 is 11.6 Å². The SMILES string of the molecule is CNC[C@H](Cc1cc(Cl)ccc1OC)C(=O)NCC(=O)O. The summed E-state index contributed by atoms with van der Waals surface area (Å²) in [5.74, 6) is -1.17. The van der Waals surface area contributed by atoms with Gasteiger partial charge in [0.15, 0.2) is 0 Å². The van der Waals surface area contributed by atoms with E-state index < -0.39 is 18.4 Å². The minimum atomic E-state index is -1.08. The summed E-state index contributed by atoms with van der Waals surface area (Å²) < 4.78 is 5.25. The van der Waals surface area contributed by atoms with Gasteiger partial charge in [-0.1, -0.05) is 11.6 Å². The van der Waals surface area contributed by atoms with Crippen molar-refractivity contribution >= 4 is 23.5 Å². The Bertz CT molecular complexity index is 508. The number of hydrogen-bond acceptors (Lipinski definition) is 4. The summed E-state index contributed by atoms with van der Waals surface area (Å²) in [5, 5.41) is 14.5. The molecular formula is C14H19ClN2O4. The molecule has 0 fully saturated rings. The van der Waals surface area contributed by atoms with Gasteiger partial charge in [-0.15, -0.1) is 0 Å². The third-order valence-electron chi connectivity index (χ3n) is 2.94. The second kappa shape index (κ2) is 8.49. The van der Waals surface area contributed by atoms with Crippen molar-refractivity contribution in [1.29, 1.82) is 0 Å². The molecule has 0 bridgehead atoms. The van der Waals surface area contributed by atoms with Crippen LogP contribution in [0.5, 0.6) is 5.75 Å². The zero-order valence-corrected chi connectivity index (χ0v) is 12.7. The highest BCUT2D eigenvalue weighted by molar-refractivity contribution is 6.30. The molecule has 0 saturated carbocycles. The molecule has 0 radical (unpaired) electrons. The molecule has 1 aromatic carbocycles. The highest BCUT2D eigenvalue weighted by Gasteiger charge is 2.20. The highest BCUT2D eigenvalue weighted by atomic mass is 35.5. The molecule has 0 aliphatic heterocycles. The lowest BCUT2D eigenvalue weighted by molar-refractivity contribution is -0.138. The fourth-order valence-electron chi connectivity index (χ4n) is 1.98. The maximum atomic E-state index is 12.0. The predicted molar refractivity (Wildman–Crippen MR) is 79.8 cm³/mol. The van der Waals surface area contributed by atoms with Gasteiger partial charge in [0.25, 0.3) is 0 Å². The second-order valence-electron chi connectivity index (χ2n) is 4.53. The molecule has 0 aromatic heterocycles. The minimum Gasteiger partial charge on any atom is -0.496 e. The number of methoxy groups -OCH3 is 1. The Labute approximate surface area is 128 Å². The molecule has 0 aliphatic carbocycles. The standard InChI is InChI=1S/C14H19ClN2O4/c1-16-7-10(14(20)17-8-13(18)19)5-9-6-11(15)3-4-12(9)21-2/h3-4,6,10,16H,5,7-8H2,1-2H3,(H,17,20)(H,18,19)/t10-/m0/s1. The number of hydrogen-bond donors (Lipinski definition) is 3. The summed E-state index contributed by atoms with van der Waals surface area (Å²) in [6.07, 6.45) is 0.399. The van der Waals surface area contributed by atoms with E-state index in [0.29, 0.717) is 23.7 Å². The molecule has 0 saturated heterocycles. The number of carbonyl (C=O) groups excluding carboxylic acids is 1. The minimum absolute atomic E-state index is 0.325. The summed E-state index contributed by atoms with van der Waals surface area (Å²) in [4.78, 5) is 22.6. The molecule has 0 spiro atoms. The number of nitrogens with one attached hydrogen (secondary N) is 2. The van der Waals surface area contributed by atoms with Crippen LogP contribution in [0, 0.1) is 5.92 Å². The zero-order chi connectivity index (χ0) is 15.8. The highest BCUT2D eigenvalue weighted by Crippen LogP contribution is 2.25. The Morgan fingerprint density at radius 3 is 2.71 bits per heavy atom. The van der Waals surface area contributed by atoms with Gasteiger partial charge in [-0.2, -0.15) is 0 Å². The van der Waals surface area contributed by atoms with Crippen LogP contribution in [0.3, 0.4) is 0 Å². The van der Waals surface area contributed by atoms with Crippen molar-refractivity contribution in [3.63, 3.8) is 0 Å². The number of amides is 1. The van der Waals surface area contributed by atoms with Gasteiger partial charge in [-0.05, 0) is 37.2 Å². The van der Waals surface area contributed by atoms with Crippen molar-refractivity contribution in [2.45, 2.75) is 6.42 Å². The fourth-order valence-corrected chi connectivity index (χ4v) is 2.18. The number of benzene rings is 1. The van der Waals surface area contributed by atoms with Crippen molar-refractivity contribution < 1.29 is 19.4 Å². The van der Waals surface area contributed by atoms with Crippen LogP contribution in [0.15, 0.2) is 18.2 Å². The molecule has 0 aliphatic rings. The van der Waals surface area contributed by atoms with Crippen LogP contribution in [0.2, 0.25) is 5.02 Å². The summed E-state index contributed by atoms with van der Waals surface area (Å²) in [6, 6.07) is 5.19. The third kappa shape index (κ3) is 5.61. The molecule has 21 heavy (non-hydrogen) atoms.